The van der Waals surface area contributed by atoms with Crippen LogP contribution < -0.4 is 15.5 Å². The second-order valence-corrected chi connectivity index (χ2v) is 11.0. The van der Waals surface area contributed by atoms with Crippen LogP contribution >= 0.6 is 23.2 Å². The maximum absolute atomic E-state index is 12.5. The van der Waals surface area contributed by atoms with Gasteiger partial charge in [0.05, 0.1) is 15.6 Å². The van der Waals surface area contributed by atoms with Gasteiger partial charge >= 0.3 is 0 Å². The van der Waals surface area contributed by atoms with Gasteiger partial charge in [0.2, 0.25) is 11.9 Å². The molecule has 0 bridgehead atoms. The summed E-state index contributed by atoms with van der Waals surface area (Å²) in [5.41, 5.74) is 2.28. The van der Waals surface area contributed by atoms with Crippen LogP contribution in [0.4, 0.5) is 11.8 Å². The van der Waals surface area contributed by atoms with E-state index in [1.54, 1.807) is 6.07 Å². The van der Waals surface area contributed by atoms with Crippen LogP contribution in [0.25, 0.3) is 10.9 Å². The van der Waals surface area contributed by atoms with Gasteiger partial charge in [-0.05, 0) is 73.8 Å². The average molecular weight is 512 g/mol. The van der Waals surface area contributed by atoms with E-state index >= 15 is 0 Å². The number of benzene rings is 2. The summed E-state index contributed by atoms with van der Waals surface area (Å²) in [6, 6.07) is 14.3. The third-order valence-corrected chi connectivity index (χ3v) is 8.21. The molecule has 2 aliphatic carbocycles. The average Bonchev–Trinajstić information content (AvgIpc) is 3.51. The zero-order chi connectivity index (χ0) is 24.6. The number of nitrogens with one attached hydrogen (secondary N) is 2. The zero-order valence-electron chi connectivity index (χ0n) is 20.2. The minimum absolute atomic E-state index is 0.100. The highest BCUT2D eigenvalue weighted by Gasteiger charge is 2.55. The number of hydrogen-bond acceptors (Lipinski definition) is 5. The van der Waals surface area contributed by atoms with Gasteiger partial charge in [0.25, 0.3) is 0 Å². The van der Waals surface area contributed by atoms with Crippen LogP contribution in [0.3, 0.4) is 0 Å². The van der Waals surface area contributed by atoms with Crippen molar-refractivity contribution in [1.82, 2.24) is 15.3 Å². The maximum Gasteiger partial charge on any atom is 0.225 e. The first-order chi connectivity index (χ1) is 16.8. The molecule has 184 valence electrons. The molecule has 2 aromatic carbocycles. The van der Waals surface area contributed by atoms with E-state index in [1.807, 2.05) is 49.3 Å². The molecule has 0 radical (unpaired) electrons. The fourth-order valence-corrected chi connectivity index (χ4v) is 5.64. The van der Waals surface area contributed by atoms with E-state index in [9.17, 15) is 4.79 Å². The predicted octanol–water partition coefficient (Wildman–Crippen LogP) is 5.86. The standard InChI is InChI=1S/C27H31Cl2N5O/c1-34(2)25-19-5-3-4-6-22(19)31-26(33-25)32-23-16-27(23)13-11-18(12-14-27)30-24(35)10-8-17-7-9-20(28)21(29)15-17/h3-7,9,15,18,23H,8,10-14,16H2,1-2H3,(H,30,35)(H,31,32,33). The van der Waals surface area contributed by atoms with E-state index in [0.29, 0.717) is 40.3 Å². The van der Waals surface area contributed by atoms with Crippen molar-refractivity contribution in [2.45, 2.75) is 57.0 Å². The molecule has 2 saturated carbocycles. The van der Waals surface area contributed by atoms with Crippen LogP contribution in [0.5, 0.6) is 0 Å². The monoisotopic (exact) mass is 511 g/mol. The minimum Gasteiger partial charge on any atom is -0.362 e. The Bertz CT molecular complexity index is 1240. The lowest BCUT2D eigenvalue weighted by Crippen LogP contribution is -2.39. The molecule has 35 heavy (non-hydrogen) atoms. The first-order valence-corrected chi connectivity index (χ1v) is 13.0. The number of halogens is 2. The van der Waals surface area contributed by atoms with Crippen LogP contribution in [0.15, 0.2) is 42.5 Å². The van der Waals surface area contributed by atoms with E-state index in [0.717, 1.165) is 54.4 Å². The SMILES string of the molecule is CN(C)c1nc(NC2CC23CCC(NC(=O)CCc2ccc(Cl)c(Cl)c2)CC3)nc2ccccc12. The predicted molar refractivity (Wildman–Crippen MR) is 144 cm³/mol. The summed E-state index contributed by atoms with van der Waals surface area (Å²) >= 11 is 12.1. The van der Waals surface area contributed by atoms with Crippen molar-refractivity contribution < 1.29 is 4.79 Å². The number of fused-ring (bicyclic) bond motifs is 1. The number of hydrogen-bond donors (Lipinski definition) is 2. The van der Waals surface area contributed by atoms with Gasteiger partial charge in [0.1, 0.15) is 5.82 Å². The molecule has 5 rings (SSSR count). The molecule has 2 aliphatic rings. The summed E-state index contributed by atoms with van der Waals surface area (Å²) < 4.78 is 0. The Morgan fingerprint density at radius 3 is 2.60 bits per heavy atom. The van der Waals surface area contributed by atoms with Gasteiger partial charge in [-0.1, -0.05) is 41.4 Å². The summed E-state index contributed by atoms with van der Waals surface area (Å²) in [6.45, 7) is 0. The van der Waals surface area contributed by atoms with Gasteiger partial charge in [-0.2, -0.15) is 4.98 Å². The zero-order valence-corrected chi connectivity index (χ0v) is 21.7. The summed E-state index contributed by atoms with van der Waals surface area (Å²) in [6.07, 6.45) is 6.49. The molecule has 0 aliphatic heterocycles. The second-order valence-electron chi connectivity index (χ2n) is 10.1. The molecular weight excluding hydrogens is 481 g/mol. The van der Waals surface area contributed by atoms with Crippen molar-refractivity contribution in [1.29, 1.82) is 0 Å². The molecule has 1 atom stereocenters. The first kappa shape index (κ1) is 24.1. The van der Waals surface area contributed by atoms with E-state index in [-0.39, 0.29) is 11.9 Å². The highest BCUT2D eigenvalue weighted by atomic mass is 35.5. The summed E-state index contributed by atoms with van der Waals surface area (Å²) in [5.74, 6) is 1.73. The fraction of sp³-hybridized carbons (Fsp3) is 0.444. The molecule has 2 N–H and O–H groups in total. The number of aromatic nitrogens is 2. The van der Waals surface area contributed by atoms with Crippen molar-refractivity contribution >= 4 is 51.8 Å². The van der Waals surface area contributed by atoms with Crippen LogP contribution in [-0.4, -0.2) is 42.1 Å². The molecule has 1 aromatic heterocycles. The van der Waals surface area contributed by atoms with Gasteiger partial charge < -0.3 is 15.5 Å². The van der Waals surface area contributed by atoms with Crippen LogP contribution in [0.1, 0.15) is 44.1 Å². The fourth-order valence-electron chi connectivity index (χ4n) is 5.32. The van der Waals surface area contributed by atoms with Crippen LogP contribution in [-0.2, 0) is 11.2 Å². The number of rotatable bonds is 7. The van der Waals surface area contributed by atoms with Gasteiger partial charge in [-0.15, -0.1) is 0 Å². The topological polar surface area (TPSA) is 70.2 Å². The van der Waals surface area contributed by atoms with Crippen molar-refractivity contribution in [3.63, 3.8) is 0 Å². The molecule has 8 heteroatoms. The number of para-hydroxylation sites is 1. The Balaban J connectivity index is 1.12. The summed E-state index contributed by atoms with van der Waals surface area (Å²) in [4.78, 5) is 24.1. The van der Waals surface area contributed by atoms with E-state index in [4.69, 9.17) is 33.2 Å². The van der Waals surface area contributed by atoms with Crippen molar-refractivity contribution in [3.8, 4) is 0 Å². The maximum atomic E-state index is 12.5. The van der Waals surface area contributed by atoms with Crippen LogP contribution in [0.2, 0.25) is 10.0 Å². The van der Waals surface area contributed by atoms with Crippen molar-refractivity contribution in [2.24, 2.45) is 5.41 Å². The smallest absolute Gasteiger partial charge is 0.225 e. The summed E-state index contributed by atoms with van der Waals surface area (Å²) in [7, 11) is 4.02. The Morgan fingerprint density at radius 2 is 1.86 bits per heavy atom. The number of carbonyl (C=O) groups excluding carboxylic acids is 1. The lowest BCUT2D eigenvalue weighted by Gasteiger charge is -2.30. The van der Waals surface area contributed by atoms with Gasteiger partial charge in [0.15, 0.2) is 0 Å². The highest BCUT2D eigenvalue weighted by molar-refractivity contribution is 6.42. The second kappa shape index (κ2) is 9.82. The third kappa shape index (κ3) is 5.34. The van der Waals surface area contributed by atoms with Crippen molar-refractivity contribution in [2.75, 3.05) is 24.3 Å². The molecule has 2 fully saturated rings. The van der Waals surface area contributed by atoms with E-state index < -0.39 is 0 Å². The van der Waals surface area contributed by atoms with Gasteiger partial charge in [-0.25, -0.2) is 4.98 Å². The van der Waals surface area contributed by atoms with Gasteiger partial charge in [0, 0.05) is 38.0 Å². The normalized spacial score (nSPS) is 23.3. The number of carbonyl (C=O) groups is 1. The molecular formula is C27H31Cl2N5O. The third-order valence-electron chi connectivity index (χ3n) is 7.47. The number of aryl methyl sites for hydroxylation is 1. The lowest BCUT2D eigenvalue weighted by molar-refractivity contribution is -0.122. The largest absolute Gasteiger partial charge is 0.362 e. The molecule has 1 spiro atoms. The molecule has 3 aromatic rings. The number of anilines is 2. The highest BCUT2D eigenvalue weighted by Crippen LogP contribution is 2.57. The number of nitrogens with zero attached hydrogens (tertiary/aromatic N) is 3. The molecule has 1 unspecified atom stereocenters. The van der Waals surface area contributed by atoms with Crippen molar-refractivity contribution in [3.05, 3.63) is 58.1 Å². The van der Waals surface area contributed by atoms with Gasteiger partial charge in [-0.3, -0.25) is 4.79 Å². The molecule has 0 saturated heterocycles. The summed E-state index contributed by atoms with van der Waals surface area (Å²) in [5, 5.41) is 8.97. The van der Waals surface area contributed by atoms with Crippen LogP contribution in [0, 0.1) is 5.41 Å². The van der Waals surface area contributed by atoms with E-state index in [2.05, 4.69) is 16.7 Å². The Labute approximate surface area is 216 Å². The quantitative estimate of drug-likeness (QED) is 0.415. The Hall–Kier alpha value is -2.57. The first-order valence-electron chi connectivity index (χ1n) is 12.3. The molecule has 1 heterocycles. The van der Waals surface area contributed by atoms with E-state index in [1.165, 1.54) is 0 Å². The molecule has 6 nitrogen and oxygen atoms in total. The number of amides is 1. The Morgan fingerprint density at radius 1 is 1.09 bits per heavy atom. The Kier molecular flexibility index (Phi) is 6.78. The molecule has 1 amide bonds. The minimum atomic E-state index is 0.100. The lowest BCUT2D eigenvalue weighted by atomic mass is 9.82.